The highest BCUT2D eigenvalue weighted by atomic mass is 16.1. The van der Waals surface area contributed by atoms with Crippen LogP contribution in [0.25, 0.3) is 0 Å². The fourth-order valence-corrected chi connectivity index (χ4v) is 2.13. The van der Waals surface area contributed by atoms with Crippen molar-refractivity contribution in [3.8, 4) is 0 Å². The van der Waals surface area contributed by atoms with Gasteiger partial charge in [-0.1, -0.05) is 20.8 Å². The maximum absolute atomic E-state index is 11.9. The zero-order valence-electron chi connectivity index (χ0n) is 10.3. The van der Waals surface area contributed by atoms with Crippen LogP contribution in [-0.2, 0) is 4.79 Å². The molecule has 0 spiro atoms. The summed E-state index contributed by atoms with van der Waals surface area (Å²) in [6, 6.07) is 0.0353. The van der Waals surface area contributed by atoms with Crippen LogP contribution in [0.1, 0.15) is 35.0 Å². The van der Waals surface area contributed by atoms with Gasteiger partial charge < -0.3 is 10.2 Å². The number of hydrogen-bond donors (Lipinski definition) is 1. The van der Waals surface area contributed by atoms with Crippen molar-refractivity contribution in [2.45, 2.75) is 39.7 Å². The van der Waals surface area contributed by atoms with Crippen LogP contribution in [-0.4, -0.2) is 42.9 Å². The number of carbonyl (C=O) groups excluding carboxylic acids is 1. The Morgan fingerprint density at radius 3 is 2.47 bits per heavy atom. The van der Waals surface area contributed by atoms with Crippen LogP contribution in [0, 0.1) is 5.92 Å². The third kappa shape index (κ3) is 3.92. The third-order valence-electron chi connectivity index (χ3n) is 3.00. The summed E-state index contributed by atoms with van der Waals surface area (Å²) in [6.07, 6.45) is 2.57. The first-order valence-corrected chi connectivity index (χ1v) is 6.14. The van der Waals surface area contributed by atoms with Gasteiger partial charge in [-0.05, 0) is 32.5 Å². The van der Waals surface area contributed by atoms with Crippen molar-refractivity contribution in [2.24, 2.45) is 5.92 Å². The molecule has 0 aromatic rings. The van der Waals surface area contributed by atoms with Crippen LogP contribution < -0.4 is 5.32 Å². The third-order valence-corrected chi connectivity index (χ3v) is 3.00. The van der Waals surface area contributed by atoms with Gasteiger partial charge >= 0.3 is 0 Å². The van der Waals surface area contributed by atoms with Gasteiger partial charge in [0.2, 0.25) is 0 Å². The molecule has 0 radical (unpaired) electrons. The number of rotatable bonds is 6. The number of nitrogens with one attached hydrogen (secondary N) is 1. The number of hydrogen-bond acceptors (Lipinski definition) is 3. The van der Waals surface area contributed by atoms with E-state index < -0.39 is 0 Å². The Morgan fingerprint density at radius 1 is 1.40 bits per heavy atom. The summed E-state index contributed by atoms with van der Waals surface area (Å²) in [5, 5.41) is 3.30. The Labute approximate surface area is 94.7 Å². The minimum absolute atomic E-state index is 0. The van der Waals surface area contributed by atoms with Crippen molar-refractivity contribution >= 4 is 5.78 Å². The molecule has 1 atom stereocenters. The number of carbonyl (C=O) groups is 1. The second kappa shape index (κ2) is 6.23. The topological polar surface area (TPSA) is 32.3 Å². The first-order valence-electron chi connectivity index (χ1n) is 6.14. The van der Waals surface area contributed by atoms with E-state index in [1.54, 1.807) is 0 Å². The minimum Gasteiger partial charge on any atom is -0.307 e. The predicted molar refractivity (Wildman–Crippen MR) is 65.1 cm³/mol. The SMILES string of the molecule is CCNC(CN1CCCC1)C(=O)C(C)C.[HH]. The quantitative estimate of drug-likeness (QED) is 0.728. The van der Waals surface area contributed by atoms with Crippen LogP contribution in [0.15, 0.2) is 0 Å². The number of Topliss-reactive ketones (excluding diaryl/α,β-unsaturated/α-hetero) is 1. The first-order chi connectivity index (χ1) is 7.15. The molecule has 3 nitrogen and oxygen atoms in total. The van der Waals surface area contributed by atoms with E-state index >= 15 is 0 Å². The van der Waals surface area contributed by atoms with Crippen molar-refractivity contribution in [3.05, 3.63) is 0 Å². The minimum atomic E-state index is 0. The van der Waals surface area contributed by atoms with Gasteiger partial charge in [0.25, 0.3) is 0 Å². The van der Waals surface area contributed by atoms with E-state index in [0.29, 0.717) is 5.78 Å². The molecule has 0 amide bonds. The van der Waals surface area contributed by atoms with Crippen molar-refractivity contribution in [1.29, 1.82) is 0 Å². The van der Waals surface area contributed by atoms with Gasteiger partial charge in [-0.15, -0.1) is 0 Å². The van der Waals surface area contributed by atoms with Gasteiger partial charge in [0, 0.05) is 13.9 Å². The monoisotopic (exact) mass is 214 g/mol. The molecule has 0 aliphatic carbocycles. The number of nitrogens with zero attached hydrogens (tertiary/aromatic N) is 1. The second-order valence-electron chi connectivity index (χ2n) is 4.68. The molecule has 1 saturated heterocycles. The summed E-state index contributed by atoms with van der Waals surface area (Å²) in [5.41, 5.74) is 0. The Balaban J connectivity index is 0.00000225. The molecule has 1 unspecified atom stereocenters. The van der Waals surface area contributed by atoms with Gasteiger partial charge in [0.05, 0.1) is 6.04 Å². The maximum atomic E-state index is 11.9. The Bertz CT molecular complexity index is 203. The lowest BCUT2D eigenvalue weighted by atomic mass is 10.0. The van der Waals surface area contributed by atoms with Crippen molar-refractivity contribution in [2.75, 3.05) is 26.2 Å². The molecule has 3 heteroatoms. The van der Waals surface area contributed by atoms with E-state index in [1.807, 2.05) is 13.8 Å². The van der Waals surface area contributed by atoms with Crippen molar-refractivity contribution in [3.63, 3.8) is 0 Å². The Hall–Kier alpha value is -0.410. The van der Waals surface area contributed by atoms with Crippen LogP contribution in [0.5, 0.6) is 0 Å². The first kappa shape index (κ1) is 12.7. The second-order valence-corrected chi connectivity index (χ2v) is 4.68. The number of likely N-dealkylation sites (N-methyl/N-ethyl adjacent to an activating group) is 1. The van der Waals surface area contributed by atoms with Gasteiger partial charge in [0.15, 0.2) is 5.78 Å². The summed E-state index contributed by atoms with van der Waals surface area (Å²) in [6.45, 7) is 10.1. The van der Waals surface area contributed by atoms with Crippen LogP contribution in [0.2, 0.25) is 0 Å². The van der Waals surface area contributed by atoms with Gasteiger partial charge in [-0.2, -0.15) is 0 Å². The average Bonchev–Trinajstić information content (AvgIpc) is 2.68. The predicted octanol–water partition coefficient (Wildman–Crippen LogP) is 1.53. The van der Waals surface area contributed by atoms with Crippen molar-refractivity contribution in [1.82, 2.24) is 10.2 Å². The van der Waals surface area contributed by atoms with Crippen LogP contribution in [0.4, 0.5) is 0 Å². The highest BCUT2D eigenvalue weighted by Gasteiger charge is 2.24. The molecular formula is C12H26N2O. The van der Waals surface area contributed by atoms with E-state index in [0.717, 1.165) is 26.2 Å². The zero-order chi connectivity index (χ0) is 11.3. The van der Waals surface area contributed by atoms with E-state index in [2.05, 4.69) is 17.1 Å². The summed E-state index contributed by atoms with van der Waals surface area (Å²) in [5.74, 6) is 0.486. The fourth-order valence-electron chi connectivity index (χ4n) is 2.13. The van der Waals surface area contributed by atoms with Crippen LogP contribution in [0.3, 0.4) is 0 Å². The summed E-state index contributed by atoms with van der Waals surface area (Å²) >= 11 is 0. The smallest absolute Gasteiger partial charge is 0.153 e. The lowest BCUT2D eigenvalue weighted by molar-refractivity contribution is -0.124. The normalized spacial score (nSPS) is 19.7. The molecule has 0 aromatic carbocycles. The van der Waals surface area contributed by atoms with Crippen molar-refractivity contribution < 1.29 is 6.22 Å². The largest absolute Gasteiger partial charge is 0.307 e. The Kier molecular flexibility index (Phi) is 5.26. The summed E-state index contributed by atoms with van der Waals surface area (Å²) in [7, 11) is 0. The van der Waals surface area contributed by atoms with E-state index in [4.69, 9.17) is 0 Å². The van der Waals surface area contributed by atoms with Gasteiger partial charge in [0.1, 0.15) is 0 Å². The Morgan fingerprint density at radius 2 is 2.00 bits per heavy atom. The molecule has 90 valence electrons. The molecule has 0 saturated carbocycles. The standard InChI is InChI=1S/C12H24N2O.H2/c1-4-13-11(12(15)10(2)3)9-14-7-5-6-8-14;/h10-11,13H,4-9H2,1-3H3;1H. The van der Waals surface area contributed by atoms with Gasteiger partial charge in [-0.25, -0.2) is 0 Å². The summed E-state index contributed by atoms with van der Waals surface area (Å²) in [4.78, 5) is 14.3. The highest BCUT2D eigenvalue weighted by molar-refractivity contribution is 5.85. The summed E-state index contributed by atoms with van der Waals surface area (Å²) < 4.78 is 0. The zero-order valence-corrected chi connectivity index (χ0v) is 10.3. The molecule has 1 heterocycles. The molecule has 0 bridgehead atoms. The number of likely N-dealkylation sites (tertiary alicyclic amines) is 1. The van der Waals surface area contributed by atoms with E-state index in [9.17, 15) is 4.79 Å². The molecule has 1 fully saturated rings. The molecule has 1 N–H and O–H groups in total. The maximum Gasteiger partial charge on any atom is 0.153 e. The van der Waals surface area contributed by atoms with Gasteiger partial charge in [-0.3, -0.25) is 4.79 Å². The molecule has 15 heavy (non-hydrogen) atoms. The molecule has 0 aromatic heterocycles. The average molecular weight is 214 g/mol. The molecule has 1 rings (SSSR count). The highest BCUT2D eigenvalue weighted by Crippen LogP contribution is 2.09. The lowest BCUT2D eigenvalue weighted by Crippen LogP contribution is -2.46. The van der Waals surface area contributed by atoms with E-state index in [-0.39, 0.29) is 13.4 Å². The molecule has 1 aliphatic heterocycles. The molecule has 1 aliphatic rings. The van der Waals surface area contributed by atoms with E-state index in [1.165, 1.54) is 12.8 Å². The van der Waals surface area contributed by atoms with Crippen LogP contribution >= 0.6 is 0 Å². The number of ketones is 1. The fraction of sp³-hybridized carbons (Fsp3) is 0.917. The molecular weight excluding hydrogens is 188 g/mol. The lowest BCUT2D eigenvalue weighted by Gasteiger charge is -2.24.